The summed E-state index contributed by atoms with van der Waals surface area (Å²) in [6, 6.07) is 13.5. The summed E-state index contributed by atoms with van der Waals surface area (Å²) in [6.45, 7) is 0.626. The molecular weight excluding hydrogens is 424 g/mol. The number of rotatable bonds is 5. The van der Waals surface area contributed by atoms with Crippen molar-refractivity contribution >= 4 is 12.0 Å². The summed E-state index contributed by atoms with van der Waals surface area (Å²) in [7, 11) is 1.32. The molecule has 0 radical (unpaired) electrons. The van der Waals surface area contributed by atoms with Crippen molar-refractivity contribution in [1.29, 1.82) is 0 Å². The third-order valence-electron chi connectivity index (χ3n) is 5.96. The maximum atomic E-state index is 13.5. The lowest BCUT2D eigenvalue weighted by Crippen LogP contribution is -2.52. The third-order valence-corrected chi connectivity index (χ3v) is 5.96. The highest BCUT2D eigenvalue weighted by atomic mass is 16.7. The molecule has 0 saturated heterocycles. The zero-order chi connectivity index (χ0) is 22.8. The molecule has 3 aromatic rings. The quantitative estimate of drug-likeness (QED) is 0.581. The van der Waals surface area contributed by atoms with E-state index in [4.69, 9.17) is 14.2 Å². The highest BCUT2D eigenvalue weighted by Gasteiger charge is 2.36. The Labute approximate surface area is 190 Å². The van der Waals surface area contributed by atoms with Crippen LogP contribution in [0.25, 0.3) is 0 Å². The van der Waals surface area contributed by atoms with E-state index < -0.39 is 18.1 Å². The average Bonchev–Trinajstić information content (AvgIpc) is 3.52. The Balaban J connectivity index is 1.43. The second kappa shape index (κ2) is 8.85. The Kier molecular flexibility index (Phi) is 5.60. The number of hydrogen-bond acceptors (Lipinski definition) is 6. The van der Waals surface area contributed by atoms with Crippen molar-refractivity contribution in [3.63, 3.8) is 0 Å². The van der Waals surface area contributed by atoms with Crippen molar-refractivity contribution < 1.29 is 23.8 Å². The molecule has 1 aromatic heterocycles. The number of nitrogens with one attached hydrogen (secondary N) is 2. The van der Waals surface area contributed by atoms with E-state index in [1.807, 2.05) is 48.5 Å². The van der Waals surface area contributed by atoms with Gasteiger partial charge in [0.15, 0.2) is 11.5 Å². The number of fused-ring (bicyclic) bond motifs is 2. The Morgan fingerprint density at radius 2 is 2.03 bits per heavy atom. The summed E-state index contributed by atoms with van der Waals surface area (Å²) in [5.74, 6) is 0.803. The van der Waals surface area contributed by atoms with Gasteiger partial charge < -0.3 is 29.4 Å². The fraction of sp³-hybridized carbons (Fsp3) is 0.292. The number of H-pyrrole nitrogens is 1. The molecule has 2 amide bonds. The van der Waals surface area contributed by atoms with Gasteiger partial charge in [0.2, 0.25) is 6.79 Å². The van der Waals surface area contributed by atoms with Gasteiger partial charge >= 0.3 is 12.0 Å². The first-order valence-corrected chi connectivity index (χ1v) is 10.7. The van der Waals surface area contributed by atoms with Gasteiger partial charge in [0.1, 0.15) is 12.1 Å². The molecular formula is C24H24N4O5. The van der Waals surface area contributed by atoms with E-state index in [0.717, 1.165) is 22.5 Å². The van der Waals surface area contributed by atoms with Crippen LogP contribution in [0, 0.1) is 0 Å². The first-order chi connectivity index (χ1) is 16.1. The standard InChI is InChI=1S/C24H24N4O5/c1-31-23(29)18(11-15-5-3-2-4-6-15)27-24(30)28-10-9-17-21(26-13-25-17)22(28)16-7-8-19-20(12-16)33-14-32-19/h2-8,12-13,18,22H,9-11,14H2,1H3,(H,25,26)(H,27,30)/t18-,22+/m1/s1. The molecule has 2 aromatic carbocycles. The molecule has 2 N–H and O–H groups in total. The normalized spacial score (nSPS) is 17.2. The van der Waals surface area contributed by atoms with Crippen molar-refractivity contribution in [1.82, 2.24) is 20.2 Å². The average molecular weight is 448 g/mol. The van der Waals surface area contributed by atoms with Crippen molar-refractivity contribution in [3.05, 3.63) is 77.4 Å². The summed E-state index contributed by atoms with van der Waals surface area (Å²) in [5, 5.41) is 2.88. The summed E-state index contributed by atoms with van der Waals surface area (Å²) >= 11 is 0. The van der Waals surface area contributed by atoms with Crippen molar-refractivity contribution in [2.45, 2.75) is 24.9 Å². The van der Waals surface area contributed by atoms with Gasteiger partial charge in [-0.3, -0.25) is 0 Å². The number of benzene rings is 2. The molecule has 2 aliphatic heterocycles. The minimum absolute atomic E-state index is 0.168. The van der Waals surface area contributed by atoms with Gasteiger partial charge in [-0.05, 0) is 23.3 Å². The smallest absolute Gasteiger partial charge is 0.328 e. The molecule has 0 unspecified atom stereocenters. The number of urea groups is 1. The van der Waals surface area contributed by atoms with Gasteiger partial charge in [-0.2, -0.15) is 0 Å². The lowest BCUT2D eigenvalue weighted by Gasteiger charge is -2.36. The fourth-order valence-corrected chi connectivity index (χ4v) is 4.33. The first kappa shape index (κ1) is 20.9. The summed E-state index contributed by atoms with van der Waals surface area (Å²) in [6.07, 6.45) is 2.60. The highest BCUT2D eigenvalue weighted by Crippen LogP contribution is 2.39. The molecule has 5 rings (SSSR count). The third kappa shape index (κ3) is 4.09. The Morgan fingerprint density at radius 1 is 1.21 bits per heavy atom. The molecule has 0 fully saturated rings. The predicted molar refractivity (Wildman–Crippen MR) is 118 cm³/mol. The van der Waals surface area contributed by atoms with Crippen LogP contribution < -0.4 is 14.8 Å². The summed E-state index contributed by atoms with van der Waals surface area (Å²) < 4.78 is 15.9. The molecule has 3 heterocycles. The van der Waals surface area contributed by atoms with Gasteiger partial charge in [-0.1, -0.05) is 36.4 Å². The molecule has 2 atom stereocenters. The van der Waals surface area contributed by atoms with Crippen LogP contribution in [-0.4, -0.2) is 53.4 Å². The monoisotopic (exact) mass is 448 g/mol. The van der Waals surface area contributed by atoms with Gasteiger partial charge in [0.25, 0.3) is 0 Å². The van der Waals surface area contributed by atoms with E-state index in [-0.39, 0.29) is 12.8 Å². The van der Waals surface area contributed by atoms with Gasteiger partial charge in [0, 0.05) is 25.1 Å². The van der Waals surface area contributed by atoms with Gasteiger partial charge in [0.05, 0.1) is 19.1 Å². The molecule has 2 aliphatic rings. The Hall–Kier alpha value is -4.01. The second-order valence-corrected chi connectivity index (χ2v) is 7.94. The zero-order valence-corrected chi connectivity index (χ0v) is 18.1. The van der Waals surface area contributed by atoms with Gasteiger partial charge in [-0.15, -0.1) is 0 Å². The van der Waals surface area contributed by atoms with Crippen LogP contribution in [0.1, 0.15) is 28.6 Å². The number of aromatic nitrogens is 2. The largest absolute Gasteiger partial charge is 0.467 e. The van der Waals surface area contributed by atoms with Gasteiger partial charge in [-0.25, -0.2) is 14.6 Å². The number of nitrogens with zero attached hydrogens (tertiary/aromatic N) is 2. The maximum absolute atomic E-state index is 13.5. The maximum Gasteiger partial charge on any atom is 0.328 e. The SMILES string of the molecule is COC(=O)[C@@H](Cc1ccccc1)NC(=O)N1CCc2[nH]cnc2[C@@H]1c1ccc2c(c1)OCO2. The molecule has 0 bridgehead atoms. The van der Waals surface area contributed by atoms with Crippen LogP contribution >= 0.6 is 0 Å². The minimum atomic E-state index is -0.817. The van der Waals surface area contributed by atoms with E-state index in [0.29, 0.717) is 30.9 Å². The predicted octanol–water partition coefficient (Wildman–Crippen LogP) is 2.58. The molecule has 0 aliphatic carbocycles. The fourth-order valence-electron chi connectivity index (χ4n) is 4.33. The molecule has 9 heteroatoms. The van der Waals surface area contributed by atoms with Crippen LogP contribution in [0.3, 0.4) is 0 Å². The lowest BCUT2D eigenvalue weighted by atomic mass is 9.95. The van der Waals surface area contributed by atoms with E-state index in [9.17, 15) is 9.59 Å². The Bertz CT molecular complexity index is 1160. The number of carbonyl (C=O) groups excluding carboxylic acids is 2. The molecule has 0 spiro atoms. The number of methoxy groups -OCH3 is 1. The van der Waals surface area contributed by atoms with Crippen molar-refractivity contribution in [2.24, 2.45) is 0 Å². The lowest BCUT2D eigenvalue weighted by molar-refractivity contribution is -0.142. The van der Waals surface area contributed by atoms with Crippen LogP contribution in [0.4, 0.5) is 4.79 Å². The number of hydrogen-bond donors (Lipinski definition) is 2. The number of esters is 1. The minimum Gasteiger partial charge on any atom is -0.467 e. The van der Waals surface area contributed by atoms with Crippen LogP contribution in [0.5, 0.6) is 11.5 Å². The van der Waals surface area contributed by atoms with Crippen LogP contribution in [-0.2, 0) is 22.4 Å². The van der Waals surface area contributed by atoms with Crippen molar-refractivity contribution in [3.8, 4) is 11.5 Å². The molecule has 0 saturated carbocycles. The molecule has 33 heavy (non-hydrogen) atoms. The summed E-state index contributed by atoms with van der Waals surface area (Å²) in [4.78, 5) is 35.3. The number of ether oxygens (including phenoxy) is 3. The zero-order valence-electron chi connectivity index (χ0n) is 18.1. The summed E-state index contributed by atoms with van der Waals surface area (Å²) in [5.41, 5.74) is 3.53. The topological polar surface area (TPSA) is 106 Å². The number of carbonyl (C=O) groups is 2. The number of imidazole rings is 1. The molecule has 170 valence electrons. The first-order valence-electron chi connectivity index (χ1n) is 10.7. The second-order valence-electron chi connectivity index (χ2n) is 7.94. The number of aromatic amines is 1. The van der Waals surface area contributed by atoms with Crippen LogP contribution in [0.15, 0.2) is 54.9 Å². The van der Waals surface area contributed by atoms with E-state index in [2.05, 4.69) is 15.3 Å². The Morgan fingerprint density at radius 3 is 2.85 bits per heavy atom. The van der Waals surface area contributed by atoms with E-state index in [1.165, 1.54) is 7.11 Å². The molecule has 9 nitrogen and oxygen atoms in total. The van der Waals surface area contributed by atoms with E-state index in [1.54, 1.807) is 11.2 Å². The number of amides is 2. The van der Waals surface area contributed by atoms with E-state index >= 15 is 0 Å². The van der Waals surface area contributed by atoms with Crippen molar-refractivity contribution in [2.75, 3.05) is 20.4 Å². The highest BCUT2D eigenvalue weighted by molar-refractivity contribution is 5.84. The van der Waals surface area contributed by atoms with Crippen LogP contribution in [0.2, 0.25) is 0 Å².